The standard InChI is InChI=1S/C23H33ClN2O4/c1-21(2)13-22(3,4)15-23(30,14-21)18(16-6-5-7-17(24)12-16)19(27)25-8-10-26(11-9-25)20(28)29/h5-7,12,18,30H,8-11,13-15H2,1-4H3,(H,28,29). The Balaban J connectivity index is 1.97. The van der Waals surface area contributed by atoms with E-state index in [-0.39, 0.29) is 29.8 Å². The molecule has 0 aromatic heterocycles. The van der Waals surface area contributed by atoms with Gasteiger partial charge in [-0.2, -0.15) is 0 Å². The second-order valence-electron chi connectivity index (χ2n) is 10.5. The molecule has 1 saturated carbocycles. The van der Waals surface area contributed by atoms with E-state index in [0.29, 0.717) is 36.5 Å². The van der Waals surface area contributed by atoms with Crippen molar-refractivity contribution in [3.05, 3.63) is 34.9 Å². The quantitative estimate of drug-likeness (QED) is 0.743. The molecule has 2 amide bonds. The van der Waals surface area contributed by atoms with Crippen LogP contribution in [0.1, 0.15) is 58.4 Å². The lowest BCUT2D eigenvalue weighted by molar-refractivity contribution is -0.151. The van der Waals surface area contributed by atoms with E-state index in [2.05, 4.69) is 27.7 Å². The van der Waals surface area contributed by atoms with Gasteiger partial charge in [0.2, 0.25) is 5.91 Å². The monoisotopic (exact) mass is 436 g/mol. The van der Waals surface area contributed by atoms with E-state index >= 15 is 0 Å². The lowest BCUT2D eigenvalue weighted by atomic mass is 9.56. The SMILES string of the molecule is CC1(C)CC(C)(C)CC(O)(C(C(=O)N2CCN(C(=O)O)CC2)c2cccc(Cl)c2)C1. The summed E-state index contributed by atoms with van der Waals surface area (Å²) in [5.74, 6) is -0.898. The molecular weight excluding hydrogens is 404 g/mol. The van der Waals surface area contributed by atoms with Crippen molar-refractivity contribution in [2.24, 2.45) is 10.8 Å². The number of aliphatic hydroxyl groups is 1. The van der Waals surface area contributed by atoms with Gasteiger partial charge in [0.25, 0.3) is 0 Å². The van der Waals surface area contributed by atoms with Crippen LogP contribution in [0.2, 0.25) is 5.02 Å². The summed E-state index contributed by atoms with van der Waals surface area (Å²) in [4.78, 5) is 28.0. The van der Waals surface area contributed by atoms with Gasteiger partial charge < -0.3 is 20.0 Å². The van der Waals surface area contributed by atoms with E-state index in [1.54, 1.807) is 17.0 Å². The number of piperazine rings is 1. The van der Waals surface area contributed by atoms with Crippen molar-refractivity contribution in [1.29, 1.82) is 0 Å². The molecule has 166 valence electrons. The Morgan fingerprint density at radius 1 is 0.967 bits per heavy atom. The van der Waals surface area contributed by atoms with E-state index in [1.165, 1.54) is 4.90 Å². The average molecular weight is 437 g/mol. The fraction of sp³-hybridized carbons (Fsp3) is 0.652. The molecule has 2 N–H and O–H groups in total. The molecule has 6 nitrogen and oxygen atoms in total. The third-order valence-corrected chi connectivity index (χ3v) is 6.59. The molecule has 1 aromatic rings. The first-order valence-electron chi connectivity index (χ1n) is 10.6. The van der Waals surface area contributed by atoms with Crippen LogP contribution in [0.15, 0.2) is 24.3 Å². The molecule has 0 spiro atoms. The van der Waals surface area contributed by atoms with Crippen LogP contribution in [0.4, 0.5) is 4.79 Å². The van der Waals surface area contributed by atoms with Crippen LogP contribution in [0, 0.1) is 10.8 Å². The minimum atomic E-state index is -1.21. The molecular formula is C23H33ClN2O4. The van der Waals surface area contributed by atoms with E-state index in [4.69, 9.17) is 11.6 Å². The van der Waals surface area contributed by atoms with Crippen LogP contribution in [0.25, 0.3) is 0 Å². The molecule has 2 aliphatic rings. The zero-order valence-electron chi connectivity index (χ0n) is 18.3. The van der Waals surface area contributed by atoms with E-state index in [1.807, 2.05) is 12.1 Å². The number of hydrogen-bond donors (Lipinski definition) is 2. The highest BCUT2D eigenvalue weighted by atomic mass is 35.5. The van der Waals surface area contributed by atoms with Crippen molar-refractivity contribution < 1.29 is 19.8 Å². The minimum absolute atomic E-state index is 0.115. The maximum Gasteiger partial charge on any atom is 0.407 e. The van der Waals surface area contributed by atoms with Crippen molar-refractivity contribution in [2.75, 3.05) is 26.2 Å². The summed E-state index contributed by atoms with van der Waals surface area (Å²) in [6.07, 6.45) is 1.03. The molecule has 3 rings (SSSR count). The van der Waals surface area contributed by atoms with Crippen molar-refractivity contribution in [3.63, 3.8) is 0 Å². The Kier molecular flexibility index (Phi) is 6.14. The molecule has 1 aliphatic heterocycles. The van der Waals surface area contributed by atoms with Crippen LogP contribution in [0.5, 0.6) is 0 Å². The van der Waals surface area contributed by atoms with Gasteiger partial charge in [0.05, 0.1) is 11.5 Å². The highest BCUT2D eigenvalue weighted by molar-refractivity contribution is 6.30. The molecule has 1 heterocycles. The molecule has 0 bridgehead atoms. The molecule has 1 saturated heterocycles. The van der Waals surface area contributed by atoms with E-state index < -0.39 is 17.6 Å². The average Bonchev–Trinajstić information content (AvgIpc) is 2.58. The first-order chi connectivity index (χ1) is 13.8. The van der Waals surface area contributed by atoms with Crippen molar-refractivity contribution >= 4 is 23.6 Å². The van der Waals surface area contributed by atoms with Gasteiger partial charge in [0.15, 0.2) is 0 Å². The highest BCUT2D eigenvalue weighted by Gasteiger charge is 2.53. The third-order valence-electron chi connectivity index (χ3n) is 6.35. The molecule has 7 heteroatoms. The van der Waals surface area contributed by atoms with Crippen molar-refractivity contribution in [1.82, 2.24) is 9.80 Å². The molecule has 2 fully saturated rings. The first kappa shape index (κ1) is 22.9. The smallest absolute Gasteiger partial charge is 0.407 e. The Morgan fingerprint density at radius 3 is 2.00 bits per heavy atom. The Morgan fingerprint density at radius 2 is 1.50 bits per heavy atom. The van der Waals surface area contributed by atoms with Crippen molar-refractivity contribution in [2.45, 2.75) is 58.5 Å². The zero-order valence-corrected chi connectivity index (χ0v) is 19.1. The zero-order chi connectivity index (χ0) is 22.3. The lowest BCUT2D eigenvalue weighted by Crippen LogP contribution is -2.57. The fourth-order valence-electron chi connectivity index (χ4n) is 6.01. The number of carboxylic acid groups (broad SMARTS) is 1. The maximum absolute atomic E-state index is 13.8. The maximum atomic E-state index is 13.8. The van der Waals surface area contributed by atoms with Crippen molar-refractivity contribution in [3.8, 4) is 0 Å². The molecule has 1 unspecified atom stereocenters. The number of benzene rings is 1. The van der Waals surface area contributed by atoms with E-state index in [0.717, 1.165) is 6.42 Å². The second kappa shape index (κ2) is 8.04. The number of carbonyl (C=O) groups excluding carboxylic acids is 1. The molecule has 1 aromatic carbocycles. The lowest BCUT2D eigenvalue weighted by Gasteiger charge is -2.52. The highest BCUT2D eigenvalue weighted by Crippen LogP contribution is 2.54. The topological polar surface area (TPSA) is 81.1 Å². The van der Waals surface area contributed by atoms with Gasteiger partial charge in [-0.15, -0.1) is 0 Å². The van der Waals surface area contributed by atoms with Gasteiger partial charge in [-0.25, -0.2) is 4.79 Å². The summed E-state index contributed by atoms with van der Waals surface area (Å²) in [6, 6.07) is 7.19. The molecule has 0 radical (unpaired) electrons. The summed E-state index contributed by atoms with van der Waals surface area (Å²) in [7, 11) is 0. The Labute approximate surface area is 183 Å². The second-order valence-corrected chi connectivity index (χ2v) is 11.0. The molecule has 1 aliphatic carbocycles. The first-order valence-corrected chi connectivity index (χ1v) is 10.9. The van der Waals surface area contributed by atoms with Crippen LogP contribution < -0.4 is 0 Å². The molecule has 1 atom stereocenters. The van der Waals surface area contributed by atoms with Crippen LogP contribution in [-0.4, -0.2) is 63.8 Å². The van der Waals surface area contributed by atoms with Crippen LogP contribution in [0.3, 0.4) is 0 Å². The Hall–Kier alpha value is -1.79. The number of nitrogens with zero attached hydrogens (tertiary/aromatic N) is 2. The summed E-state index contributed by atoms with van der Waals surface area (Å²) < 4.78 is 0. The number of halogens is 1. The van der Waals surface area contributed by atoms with Gasteiger partial charge in [-0.05, 0) is 47.8 Å². The third kappa shape index (κ3) is 4.92. The van der Waals surface area contributed by atoms with Gasteiger partial charge in [0, 0.05) is 31.2 Å². The predicted molar refractivity (Wildman–Crippen MR) is 117 cm³/mol. The van der Waals surface area contributed by atoms with Crippen LogP contribution >= 0.6 is 11.6 Å². The number of carbonyl (C=O) groups is 2. The Bertz CT molecular complexity index is 799. The number of amides is 2. The van der Waals surface area contributed by atoms with Gasteiger partial charge in [0.1, 0.15) is 0 Å². The number of rotatable bonds is 3. The van der Waals surface area contributed by atoms with Gasteiger partial charge >= 0.3 is 6.09 Å². The summed E-state index contributed by atoms with van der Waals surface area (Å²) in [5.41, 5.74) is -0.730. The van der Waals surface area contributed by atoms with Gasteiger partial charge in [-0.1, -0.05) is 51.4 Å². The largest absolute Gasteiger partial charge is 0.465 e. The molecule has 30 heavy (non-hydrogen) atoms. The normalized spacial score (nSPS) is 23.7. The van der Waals surface area contributed by atoms with Crippen LogP contribution in [-0.2, 0) is 4.79 Å². The van der Waals surface area contributed by atoms with Gasteiger partial charge in [-0.3, -0.25) is 4.79 Å². The summed E-state index contributed by atoms with van der Waals surface area (Å²) in [6.45, 7) is 9.77. The van der Waals surface area contributed by atoms with E-state index in [9.17, 15) is 19.8 Å². The summed E-state index contributed by atoms with van der Waals surface area (Å²) >= 11 is 6.25. The fourth-order valence-corrected chi connectivity index (χ4v) is 6.21. The minimum Gasteiger partial charge on any atom is -0.465 e. The predicted octanol–water partition coefficient (Wildman–Crippen LogP) is 4.21. The number of hydrogen-bond acceptors (Lipinski definition) is 3. The summed E-state index contributed by atoms with van der Waals surface area (Å²) in [5, 5.41) is 21.7.